The Bertz CT molecular complexity index is 2950. The third kappa shape index (κ3) is 14.2. The highest BCUT2D eigenvalue weighted by molar-refractivity contribution is 6.39. The Balaban J connectivity index is 0.675. The van der Waals surface area contributed by atoms with E-state index in [1.165, 1.54) is 35.4 Å². The molecule has 1 aromatic carbocycles. The smallest absolute Gasteiger partial charge is 0.342 e. The molecular weight excluding hydrogens is 1370 g/mol. The Morgan fingerprint density at radius 1 is 0.646 bits per heavy atom. The Kier molecular flexibility index (Phi) is 23.0. The number of benzene rings is 1. The van der Waals surface area contributed by atoms with Crippen LogP contribution in [0, 0.1) is 18.8 Å². The average Bonchev–Trinajstić information content (AvgIpc) is 1.58. The fourth-order valence-electron chi connectivity index (χ4n) is 15.7. The molecule has 0 saturated carbocycles. The summed E-state index contributed by atoms with van der Waals surface area (Å²) >= 11 is 12.8. The molecule has 35 heteroatoms. The fourth-order valence-corrected chi connectivity index (χ4v) is 16.2. The number of hydrogen-bond donors (Lipinski definition) is 8. The minimum absolute atomic E-state index is 0.0836. The van der Waals surface area contributed by atoms with Crippen LogP contribution in [-0.4, -0.2) is 304 Å². The maximum Gasteiger partial charge on any atom is 0.342 e. The van der Waals surface area contributed by atoms with Gasteiger partial charge in [0, 0.05) is 45.6 Å². The summed E-state index contributed by atoms with van der Waals surface area (Å²) in [5.74, 6) is -6.19. The van der Waals surface area contributed by atoms with E-state index in [0.717, 1.165) is 0 Å². The monoisotopic (exact) mass is 1460 g/mol. The van der Waals surface area contributed by atoms with Crippen LogP contribution in [0.4, 0.5) is 0 Å². The Hall–Kier alpha value is -2.29. The molecule has 0 aliphatic carbocycles. The summed E-state index contributed by atoms with van der Waals surface area (Å²) in [6, 6.07) is 0. The van der Waals surface area contributed by atoms with E-state index in [9.17, 15) is 40.5 Å². The van der Waals surface area contributed by atoms with Crippen LogP contribution in [0.25, 0.3) is 0 Å². The van der Waals surface area contributed by atoms with Gasteiger partial charge in [-0.15, -0.1) is 0 Å². The van der Waals surface area contributed by atoms with Gasteiger partial charge in [0.25, 0.3) is 5.97 Å². The molecule has 1 aromatic rings. The number of aromatic hydroxyl groups is 1. The predicted octanol–water partition coefficient (Wildman–Crippen LogP) is 0.617. The third-order valence-electron chi connectivity index (χ3n) is 21.2. The highest BCUT2D eigenvalue weighted by atomic mass is 35.5. The summed E-state index contributed by atoms with van der Waals surface area (Å²) in [7, 11) is 5.52. The number of aliphatic hydroxyl groups is 6. The van der Waals surface area contributed by atoms with Crippen LogP contribution in [0.15, 0.2) is 0 Å². The topological polar surface area (TPSA) is 406 Å². The quantitative estimate of drug-likeness (QED) is 0.0934. The molecule has 11 aliphatic rings. The van der Waals surface area contributed by atoms with Gasteiger partial charge in [-0.3, -0.25) is 0 Å². The van der Waals surface area contributed by atoms with Crippen molar-refractivity contribution in [3.05, 3.63) is 21.2 Å². The molecule has 11 aliphatic heterocycles. The van der Waals surface area contributed by atoms with Crippen LogP contribution in [0.5, 0.6) is 11.5 Å². The number of rotatable bonds is 18. The van der Waals surface area contributed by atoms with Crippen molar-refractivity contribution in [2.75, 3.05) is 55.1 Å². The van der Waals surface area contributed by atoms with E-state index in [1.807, 2.05) is 20.8 Å². The van der Waals surface area contributed by atoms with Gasteiger partial charge < -0.3 is 155 Å². The highest BCUT2D eigenvalue weighted by Gasteiger charge is 2.70. The van der Waals surface area contributed by atoms with Crippen LogP contribution in [0.1, 0.15) is 97.5 Å². The second-order valence-corrected chi connectivity index (χ2v) is 29.0. The number of esters is 1. The molecule has 9 N–H and O–H groups in total. The first-order valence-corrected chi connectivity index (χ1v) is 34.4. The molecule has 99 heavy (non-hydrogen) atoms. The number of phenols is 1. The number of fused-ring (bicyclic) bond motifs is 4. The molecule has 0 aromatic heterocycles. The van der Waals surface area contributed by atoms with E-state index in [0.29, 0.717) is 0 Å². The van der Waals surface area contributed by atoms with Crippen molar-refractivity contribution < 1.29 is 154 Å². The maximum absolute atomic E-state index is 14.2. The molecule has 35 atom stereocenters. The number of aliphatic hydroxyl groups excluding tert-OH is 5. The first kappa shape index (κ1) is 76.4. The predicted molar refractivity (Wildman–Crippen MR) is 330 cm³/mol. The van der Waals surface area contributed by atoms with Crippen molar-refractivity contribution in [1.82, 2.24) is 0 Å². The molecule has 0 bridgehead atoms. The molecular formula is C64H97Cl2NO32. The van der Waals surface area contributed by atoms with Crippen molar-refractivity contribution in [2.45, 2.75) is 296 Å². The summed E-state index contributed by atoms with van der Waals surface area (Å²) in [5, 5.41) is 81.8. The number of carbonyl (C=O) groups is 1. The zero-order chi connectivity index (χ0) is 71.4. The van der Waals surface area contributed by atoms with E-state index in [4.69, 9.17) is 143 Å². The molecule has 11 saturated heterocycles. The molecule has 33 nitrogen and oxygen atoms in total. The molecule has 564 valence electrons. The highest BCUT2D eigenvalue weighted by Crippen LogP contribution is 2.51. The number of halogens is 2. The lowest BCUT2D eigenvalue weighted by molar-refractivity contribution is -0.419. The first-order chi connectivity index (χ1) is 46.8. The van der Waals surface area contributed by atoms with Gasteiger partial charge in [-0.05, 0) is 59.9 Å². The van der Waals surface area contributed by atoms with Crippen molar-refractivity contribution in [3.63, 3.8) is 0 Å². The lowest BCUT2D eigenvalue weighted by Crippen LogP contribution is -2.68. The first-order valence-electron chi connectivity index (χ1n) is 33.7. The number of phenolic OH excluding ortho intramolecular Hbond substituents is 1. The van der Waals surface area contributed by atoms with Crippen molar-refractivity contribution >= 4 is 29.2 Å². The molecule has 0 unspecified atom stereocenters. The Morgan fingerprint density at radius 2 is 1.32 bits per heavy atom. The number of hydrogen-bond acceptors (Lipinski definition) is 33. The molecule has 12 rings (SSSR count). The standard InChI is InChI=1S/C64H97Cl2NO32/c1-22(2)62(75)20-83-64(55-54(62)81-21-82-55)96-33-19-80-57(42(72)49(33)99-64)94-60-52(78-13)40(70)48(32(89-60)18-76-11)93-58-41(71)44(23(3)25(5)86-58)92-59-43(73)51-47(27(7)87-59)97-63(98-51)16-30(68)45(28(8)95-63)90-34-15-31(88-35-17-61(10,67)53(79-14)29(9)85-35)46(26(6)84-34)91-56(74)36-24(4)37(65)39(69)38(66)50(36)77-12/h22-23,25-35,40-49,51-55,57-60,68-73,75H,15-21,67H2,1-14H3/t23-,25+,26+,27+,28+,29-,30+,31+,32+,33-,34-,35-,40-,41+,42+,43-,44-,45+,46+,47+,48+,49+,51+,52-,53-,54+,55+,57-,58-,59-,60-,61-,62+,63+,64+/m0/s1. The van der Waals surface area contributed by atoms with E-state index >= 15 is 0 Å². The number of ether oxygens (including phenoxy) is 24. The Morgan fingerprint density at radius 3 is 2.00 bits per heavy atom. The molecule has 0 amide bonds. The zero-order valence-corrected chi connectivity index (χ0v) is 59.1. The maximum atomic E-state index is 14.2. The van der Waals surface area contributed by atoms with Gasteiger partial charge in [0.1, 0.15) is 115 Å². The summed E-state index contributed by atoms with van der Waals surface area (Å²) in [5.41, 5.74) is 4.43. The second-order valence-electron chi connectivity index (χ2n) is 28.3. The second kappa shape index (κ2) is 29.8. The van der Waals surface area contributed by atoms with Gasteiger partial charge in [-0.25, -0.2) is 4.79 Å². The minimum atomic E-state index is -1.94. The zero-order valence-electron chi connectivity index (χ0n) is 57.6. The van der Waals surface area contributed by atoms with Crippen LogP contribution in [0.2, 0.25) is 10.0 Å². The van der Waals surface area contributed by atoms with E-state index < -0.39 is 225 Å². The van der Waals surface area contributed by atoms with Crippen LogP contribution >= 0.6 is 23.2 Å². The van der Waals surface area contributed by atoms with Gasteiger partial charge in [-0.2, -0.15) is 0 Å². The number of methoxy groups -OCH3 is 4. The van der Waals surface area contributed by atoms with Crippen LogP contribution < -0.4 is 10.5 Å². The fraction of sp³-hybridized carbons (Fsp3) is 0.891. The van der Waals surface area contributed by atoms with Crippen molar-refractivity contribution in [3.8, 4) is 11.5 Å². The molecule has 0 radical (unpaired) electrons. The average molecular weight is 1460 g/mol. The number of carbonyl (C=O) groups excluding carboxylic acids is 1. The van der Waals surface area contributed by atoms with Gasteiger partial charge in [0.2, 0.25) is 0 Å². The third-order valence-corrected chi connectivity index (χ3v) is 22.1. The number of nitrogens with two attached hydrogens (primary N) is 1. The largest absolute Gasteiger partial charge is 0.505 e. The van der Waals surface area contributed by atoms with Crippen LogP contribution in [0.3, 0.4) is 0 Å². The van der Waals surface area contributed by atoms with Gasteiger partial charge >= 0.3 is 11.9 Å². The van der Waals surface area contributed by atoms with E-state index in [1.54, 1.807) is 41.5 Å². The minimum Gasteiger partial charge on any atom is -0.505 e. The molecule has 11 heterocycles. The molecule has 11 fully saturated rings. The van der Waals surface area contributed by atoms with Crippen molar-refractivity contribution in [2.24, 2.45) is 17.6 Å². The van der Waals surface area contributed by atoms with E-state index in [-0.39, 0.29) is 78.7 Å². The summed E-state index contributed by atoms with van der Waals surface area (Å²) in [4.78, 5) is 14.2. The van der Waals surface area contributed by atoms with Crippen molar-refractivity contribution in [1.29, 1.82) is 0 Å². The SMILES string of the molecule is COC[C@H]1O[C@@H](O[C@@H]2OC[C@@H]3O[C@@]4(OC[C@@](O)(C(C)C)[C@@H]5OCO[C@H]54)O[C@H]3[C@H]2O)[C@@H](OC)[C@@H](O)[C@@H]1O[C@@H]1O[C@H](C)[C@H](C)[C@H](O[C@@H]2O[C@H](C)[C@H]3O[C@]4(C[C@@H](O)[C@H](O[C@H]5C[C@@H](O[C@H]6C[C@](C)(N)[C@@H](OC)[C@H](C)O6)[C@H](OC(=O)c6c(C)c(Cl)c(O)c(Cl)c6OC)[C@@H](C)O5)[C@@H](C)O4)O[C@@H]3[C@@H]2O)[C@H]1O. The lowest BCUT2D eigenvalue weighted by atomic mass is 9.80. The van der Waals surface area contributed by atoms with Gasteiger partial charge in [0.05, 0.1) is 81.1 Å². The van der Waals surface area contributed by atoms with Gasteiger partial charge in [0.15, 0.2) is 61.4 Å². The summed E-state index contributed by atoms with van der Waals surface area (Å²) in [6.45, 7) is 16.5. The normalized spacial score (nSPS) is 50.0. The van der Waals surface area contributed by atoms with Crippen LogP contribution in [-0.2, 0) is 109 Å². The van der Waals surface area contributed by atoms with E-state index in [2.05, 4.69) is 0 Å². The summed E-state index contributed by atoms with van der Waals surface area (Å²) in [6.07, 6.45) is -34.2. The van der Waals surface area contributed by atoms with Gasteiger partial charge in [-0.1, -0.05) is 44.0 Å². The Labute approximate surface area is 582 Å². The molecule has 2 spiro atoms. The summed E-state index contributed by atoms with van der Waals surface area (Å²) < 4.78 is 148. The lowest BCUT2D eigenvalue weighted by Gasteiger charge is -2.49.